The van der Waals surface area contributed by atoms with Crippen LogP contribution in [0.5, 0.6) is 0 Å². The molecule has 0 spiro atoms. The van der Waals surface area contributed by atoms with Gasteiger partial charge in [0, 0.05) is 124 Å². The van der Waals surface area contributed by atoms with Crippen LogP contribution in [0.3, 0.4) is 0 Å². The molecule has 6 N–H and O–H groups in total. The monoisotopic (exact) mass is 180 g/mol. The summed E-state index contributed by atoms with van der Waals surface area (Å²) in [5.74, 6) is 0. The Hall–Kier alpha value is 3.87. The first-order valence-electron chi connectivity index (χ1n) is 0. The Bertz CT molecular complexity index is 8.75. The molecule has 0 saturated heterocycles. The van der Waals surface area contributed by atoms with E-state index in [1.807, 2.05) is 0 Å². The van der Waals surface area contributed by atoms with Crippen molar-refractivity contribution in [2.75, 3.05) is 0 Å². The first-order valence-corrected chi connectivity index (χ1v) is 0. The molecule has 0 heterocycles. The van der Waals surface area contributed by atoms with Gasteiger partial charge in [-0.2, -0.15) is 0 Å². The van der Waals surface area contributed by atoms with Crippen LogP contribution in [0.25, 0.3) is 0 Å². The molecule has 0 saturated carbocycles. The zero-order chi connectivity index (χ0) is 0. The summed E-state index contributed by atoms with van der Waals surface area (Å²) in [4.78, 5) is 0. The van der Waals surface area contributed by atoms with Gasteiger partial charge in [-0.15, -0.1) is 0 Å². The predicted molar refractivity (Wildman–Crippen MR) is 22.3 cm³/mol. The fourth-order valence-electron chi connectivity index (χ4n) is 0. The van der Waals surface area contributed by atoms with Gasteiger partial charge in [0.1, 0.15) is 0 Å². The van der Waals surface area contributed by atoms with Gasteiger partial charge in [-0.05, 0) is 0 Å². The molecule has 6 heteroatoms. The van der Waals surface area contributed by atoms with Crippen LogP contribution >= 0.6 is 0 Å². The van der Waals surface area contributed by atoms with Gasteiger partial charge in [0.25, 0.3) is 0 Å². The molecule has 0 aromatic heterocycles. The molecule has 0 rings (SSSR count). The van der Waals surface area contributed by atoms with Crippen molar-refractivity contribution in [2.24, 2.45) is 0 Å². The second-order valence-electron chi connectivity index (χ2n) is 0. The van der Waals surface area contributed by atoms with E-state index in [4.69, 9.17) is 0 Å². The van der Waals surface area contributed by atoms with Crippen LogP contribution in [0.1, 0.15) is 0 Å². The van der Waals surface area contributed by atoms with Crippen LogP contribution in [-0.4, -0.2) is 119 Å². The number of rotatable bonds is 0. The van der Waals surface area contributed by atoms with E-state index >= 15 is 0 Å². The smallest absolute Gasteiger partial charge is 0 e. The van der Waals surface area contributed by atoms with Gasteiger partial charge in [0.2, 0.25) is 0 Å². The van der Waals surface area contributed by atoms with E-state index in [9.17, 15) is 0 Å². The van der Waals surface area contributed by atoms with Crippen LogP contribution in [-0.2, 0) is 21.7 Å². The Labute approximate surface area is 137 Å². The molecule has 0 aliphatic carbocycles. The summed E-state index contributed by atoms with van der Waals surface area (Å²) in [6.07, 6.45) is 0. The van der Waals surface area contributed by atoms with Crippen molar-refractivity contribution < 1.29 is 38.1 Å². The predicted octanol–water partition coefficient (Wildman–Crippen LogP) is -3.24. The van der Waals surface area contributed by atoms with Crippen molar-refractivity contribution in [2.45, 2.75) is 0 Å². The van der Waals surface area contributed by atoms with E-state index in [2.05, 4.69) is 0 Å². The van der Waals surface area contributed by atoms with Gasteiger partial charge in [0.15, 0.2) is 0 Å². The number of hydrogen-bond donors (Lipinski definition) is 0. The summed E-state index contributed by atoms with van der Waals surface area (Å²) in [6.45, 7) is 0. The van der Waals surface area contributed by atoms with Gasteiger partial charge >= 0.3 is 0 Å². The Morgan fingerprint density at radius 3 is 0.500 bits per heavy atom. The third kappa shape index (κ3) is 24.8. The molecule has 0 bridgehead atoms. The summed E-state index contributed by atoms with van der Waals surface area (Å²) >= 11 is 0. The average Bonchev–Trinajstić information content (AvgIpc) is 0. The maximum Gasteiger partial charge on any atom is 0 e. The quantitative estimate of drug-likeness (QED) is 0.350. The third-order valence-corrected chi connectivity index (χ3v) is 0. The molecule has 6 heavy (non-hydrogen) atoms. The molecular weight excluding hydrogens is 174 g/mol. The second kappa shape index (κ2) is 36.7. The zero-order valence-electron chi connectivity index (χ0n) is 4.00. The molecule has 0 fully saturated rings. The Balaban J connectivity index is 0. The fraction of sp³-hybridized carbons (Fsp3) is 0. The standard InChI is InChI=1S/2K.3H2O.Ti/h;;3*1H2;. The van der Waals surface area contributed by atoms with Crippen molar-refractivity contribution in [1.29, 1.82) is 0 Å². The topological polar surface area (TPSA) is 94.5 Å². The van der Waals surface area contributed by atoms with Crippen LogP contribution < -0.4 is 0 Å². The van der Waals surface area contributed by atoms with Crippen molar-refractivity contribution in [1.82, 2.24) is 0 Å². The minimum absolute atomic E-state index is 0. The molecule has 0 aromatic carbocycles. The van der Waals surface area contributed by atoms with E-state index in [1.54, 1.807) is 0 Å². The molecule has 2 radical (unpaired) electrons. The molecule has 0 atom stereocenters. The molecule has 0 unspecified atom stereocenters. The van der Waals surface area contributed by atoms with Crippen molar-refractivity contribution in [3.05, 3.63) is 0 Å². The summed E-state index contributed by atoms with van der Waals surface area (Å²) in [7, 11) is 0. The van der Waals surface area contributed by atoms with Gasteiger partial charge in [-0.1, -0.05) is 0 Å². The molecular formula is H6K2O3Ti. The van der Waals surface area contributed by atoms with Crippen molar-refractivity contribution >= 4 is 103 Å². The summed E-state index contributed by atoms with van der Waals surface area (Å²) < 4.78 is 0. The average molecular weight is 180 g/mol. The normalized spacial score (nSPS) is 0. The molecule has 30 valence electrons. The first-order chi connectivity index (χ1) is 0. The van der Waals surface area contributed by atoms with Crippen molar-refractivity contribution in [3.63, 3.8) is 0 Å². The van der Waals surface area contributed by atoms with E-state index in [0.29, 0.717) is 0 Å². The van der Waals surface area contributed by atoms with Crippen LogP contribution in [0.4, 0.5) is 0 Å². The summed E-state index contributed by atoms with van der Waals surface area (Å²) in [6, 6.07) is 0. The molecule has 0 aliphatic rings. The number of hydrogen-bond acceptors (Lipinski definition) is 0. The molecule has 0 amide bonds. The zero-order valence-corrected chi connectivity index (χ0v) is 11.8. The maximum atomic E-state index is 0. The van der Waals surface area contributed by atoms with E-state index in [0.717, 1.165) is 0 Å². The summed E-state index contributed by atoms with van der Waals surface area (Å²) in [5, 5.41) is 0. The van der Waals surface area contributed by atoms with Crippen LogP contribution in [0.2, 0.25) is 0 Å². The first kappa shape index (κ1) is 51.9. The van der Waals surface area contributed by atoms with Crippen LogP contribution in [0.15, 0.2) is 0 Å². The summed E-state index contributed by atoms with van der Waals surface area (Å²) in [5.41, 5.74) is 0. The van der Waals surface area contributed by atoms with Crippen LogP contribution in [0, 0.1) is 0 Å². The minimum atomic E-state index is 0. The molecule has 0 aliphatic heterocycles. The Kier molecular flexibility index (Phi) is 317. The Morgan fingerprint density at radius 1 is 0.500 bits per heavy atom. The van der Waals surface area contributed by atoms with Gasteiger partial charge in [-0.25, -0.2) is 0 Å². The van der Waals surface area contributed by atoms with E-state index in [-0.39, 0.29) is 141 Å². The SMILES string of the molecule is O.O.O.[K].[K].[Ti]. The van der Waals surface area contributed by atoms with E-state index < -0.39 is 0 Å². The largest absolute Gasteiger partial charge is 0.412 e. The molecule has 0 aromatic rings. The fourth-order valence-corrected chi connectivity index (χ4v) is 0. The second-order valence-corrected chi connectivity index (χ2v) is 0. The van der Waals surface area contributed by atoms with E-state index in [1.165, 1.54) is 0 Å². The minimum Gasteiger partial charge on any atom is -0.412 e. The van der Waals surface area contributed by atoms with Gasteiger partial charge in [0.05, 0.1) is 0 Å². The molecule has 3 nitrogen and oxygen atoms in total. The van der Waals surface area contributed by atoms with Gasteiger partial charge < -0.3 is 16.4 Å². The maximum absolute atomic E-state index is 0. The Morgan fingerprint density at radius 2 is 0.500 bits per heavy atom. The van der Waals surface area contributed by atoms with Crippen molar-refractivity contribution in [3.8, 4) is 0 Å². The third-order valence-electron chi connectivity index (χ3n) is 0. The van der Waals surface area contributed by atoms with Gasteiger partial charge in [-0.3, -0.25) is 0 Å².